The Morgan fingerprint density at radius 2 is 1.58 bits per heavy atom. The SMILES string of the molecule is CCn1cc([C@H](CC(=O)N[C@@H](C)c2ccccc2)c2ccc(C)cc2)c2ccccc21. The molecule has 1 aromatic heterocycles. The van der Waals surface area contributed by atoms with Crippen LogP contribution >= 0.6 is 0 Å². The normalized spacial score (nSPS) is 13.1. The van der Waals surface area contributed by atoms with Crippen LogP contribution in [0.1, 0.15) is 54.5 Å². The minimum Gasteiger partial charge on any atom is -0.350 e. The zero-order valence-electron chi connectivity index (χ0n) is 18.5. The number of amides is 1. The first-order valence-electron chi connectivity index (χ1n) is 11.1. The zero-order valence-corrected chi connectivity index (χ0v) is 18.5. The number of nitrogens with one attached hydrogen (secondary N) is 1. The Hall–Kier alpha value is -3.33. The van der Waals surface area contributed by atoms with Crippen molar-refractivity contribution in [1.29, 1.82) is 0 Å². The van der Waals surface area contributed by atoms with E-state index in [9.17, 15) is 4.79 Å². The number of rotatable bonds is 7. The topological polar surface area (TPSA) is 34.0 Å². The molecule has 3 nitrogen and oxygen atoms in total. The van der Waals surface area contributed by atoms with Crippen LogP contribution in [0.3, 0.4) is 0 Å². The summed E-state index contributed by atoms with van der Waals surface area (Å²) in [5, 5.41) is 4.42. The van der Waals surface area contributed by atoms with Crippen molar-refractivity contribution in [3.8, 4) is 0 Å². The number of carbonyl (C=O) groups excluding carboxylic acids is 1. The molecule has 4 rings (SSSR count). The first kappa shape index (κ1) is 20.9. The van der Waals surface area contributed by atoms with Crippen LogP contribution in [0.5, 0.6) is 0 Å². The molecular weight excluding hydrogens is 380 g/mol. The quantitative estimate of drug-likeness (QED) is 0.377. The highest BCUT2D eigenvalue weighted by atomic mass is 16.1. The molecule has 0 aliphatic rings. The summed E-state index contributed by atoms with van der Waals surface area (Å²) < 4.78 is 2.27. The summed E-state index contributed by atoms with van der Waals surface area (Å²) >= 11 is 0. The molecule has 0 fully saturated rings. The van der Waals surface area contributed by atoms with E-state index in [2.05, 4.69) is 90.6 Å². The van der Waals surface area contributed by atoms with Crippen molar-refractivity contribution in [3.05, 3.63) is 107 Å². The lowest BCUT2D eigenvalue weighted by atomic mass is 9.87. The van der Waals surface area contributed by atoms with Gasteiger partial charge in [0.1, 0.15) is 0 Å². The second-order valence-corrected chi connectivity index (χ2v) is 8.25. The van der Waals surface area contributed by atoms with Crippen molar-refractivity contribution in [2.75, 3.05) is 0 Å². The van der Waals surface area contributed by atoms with Gasteiger partial charge in [0.15, 0.2) is 0 Å². The average molecular weight is 411 g/mol. The van der Waals surface area contributed by atoms with Crippen LogP contribution in [-0.2, 0) is 11.3 Å². The van der Waals surface area contributed by atoms with Crippen LogP contribution in [0.25, 0.3) is 10.9 Å². The van der Waals surface area contributed by atoms with Gasteiger partial charge < -0.3 is 9.88 Å². The molecule has 158 valence electrons. The third-order valence-corrected chi connectivity index (χ3v) is 6.08. The highest BCUT2D eigenvalue weighted by Gasteiger charge is 2.23. The summed E-state index contributed by atoms with van der Waals surface area (Å²) in [7, 11) is 0. The molecule has 3 heteroatoms. The fourth-order valence-corrected chi connectivity index (χ4v) is 4.33. The summed E-state index contributed by atoms with van der Waals surface area (Å²) in [5.41, 5.74) is 5.94. The molecule has 1 heterocycles. The second kappa shape index (κ2) is 9.22. The van der Waals surface area contributed by atoms with Crippen molar-refractivity contribution in [3.63, 3.8) is 0 Å². The summed E-state index contributed by atoms with van der Waals surface area (Å²) in [6, 6.07) is 27.2. The van der Waals surface area contributed by atoms with E-state index in [1.54, 1.807) is 0 Å². The number of hydrogen-bond acceptors (Lipinski definition) is 1. The summed E-state index contributed by atoms with van der Waals surface area (Å²) in [5.74, 6) is 0.0662. The molecule has 2 atom stereocenters. The van der Waals surface area contributed by atoms with Crippen molar-refractivity contribution in [1.82, 2.24) is 9.88 Å². The minimum atomic E-state index is -0.0237. The number of carbonyl (C=O) groups is 1. The molecule has 0 radical (unpaired) electrons. The maximum absolute atomic E-state index is 13.1. The third-order valence-electron chi connectivity index (χ3n) is 6.08. The Labute approximate surface area is 184 Å². The highest BCUT2D eigenvalue weighted by molar-refractivity contribution is 5.86. The maximum atomic E-state index is 13.1. The molecule has 1 N–H and O–H groups in total. The predicted molar refractivity (Wildman–Crippen MR) is 128 cm³/mol. The van der Waals surface area contributed by atoms with E-state index in [-0.39, 0.29) is 17.9 Å². The molecule has 0 saturated carbocycles. The molecule has 0 saturated heterocycles. The number of hydrogen-bond donors (Lipinski definition) is 1. The molecule has 0 spiro atoms. The van der Waals surface area contributed by atoms with Gasteiger partial charge in [-0.3, -0.25) is 4.79 Å². The molecule has 4 aromatic rings. The van der Waals surface area contributed by atoms with E-state index in [0.717, 1.165) is 12.1 Å². The van der Waals surface area contributed by atoms with Crippen molar-refractivity contribution in [2.24, 2.45) is 0 Å². The average Bonchev–Trinajstić information content (AvgIpc) is 3.17. The van der Waals surface area contributed by atoms with Gasteiger partial charge in [0.05, 0.1) is 6.04 Å². The highest BCUT2D eigenvalue weighted by Crippen LogP contribution is 2.35. The van der Waals surface area contributed by atoms with E-state index < -0.39 is 0 Å². The van der Waals surface area contributed by atoms with E-state index in [4.69, 9.17) is 0 Å². The van der Waals surface area contributed by atoms with Gasteiger partial charge in [-0.15, -0.1) is 0 Å². The first-order valence-corrected chi connectivity index (χ1v) is 11.1. The van der Waals surface area contributed by atoms with Crippen molar-refractivity contribution >= 4 is 16.8 Å². The number of para-hydroxylation sites is 1. The first-order chi connectivity index (χ1) is 15.1. The molecule has 0 unspecified atom stereocenters. The number of nitrogens with zero attached hydrogens (tertiary/aromatic N) is 1. The monoisotopic (exact) mass is 410 g/mol. The van der Waals surface area contributed by atoms with Gasteiger partial charge in [0.2, 0.25) is 5.91 Å². The third kappa shape index (κ3) is 4.56. The van der Waals surface area contributed by atoms with Gasteiger partial charge in [-0.25, -0.2) is 0 Å². The fourth-order valence-electron chi connectivity index (χ4n) is 4.33. The van der Waals surface area contributed by atoms with Gasteiger partial charge >= 0.3 is 0 Å². The second-order valence-electron chi connectivity index (χ2n) is 8.25. The van der Waals surface area contributed by atoms with E-state index in [1.807, 2.05) is 25.1 Å². The number of aromatic nitrogens is 1. The van der Waals surface area contributed by atoms with Gasteiger partial charge in [-0.2, -0.15) is 0 Å². The Balaban J connectivity index is 1.68. The van der Waals surface area contributed by atoms with Crippen LogP contribution in [-0.4, -0.2) is 10.5 Å². The number of fused-ring (bicyclic) bond motifs is 1. The molecule has 1 amide bonds. The van der Waals surface area contributed by atoms with Crippen LogP contribution in [0.2, 0.25) is 0 Å². The van der Waals surface area contributed by atoms with Crippen LogP contribution in [0.4, 0.5) is 0 Å². The lowest BCUT2D eigenvalue weighted by molar-refractivity contribution is -0.121. The van der Waals surface area contributed by atoms with Gasteiger partial charge in [0.25, 0.3) is 0 Å². The maximum Gasteiger partial charge on any atom is 0.221 e. The molecule has 0 aliphatic carbocycles. The predicted octanol–water partition coefficient (Wildman–Crippen LogP) is 6.37. The van der Waals surface area contributed by atoms with E-state index >= 15 is 0 Å². The Morgan fingerprint density at radius 1 is 0.903 bits per heavy atom. The van der Waals surface area contributed by atoms with Gasteiger partial charge in [0, 0.05) is 36.0 Å². The molecule has 0 bridgehead atoms. The zero-order chi connectivity index (χ0) is 21.8. The van der Waals surface area contributed by atoms with Gasteiger partial charge in [-0.1, -0.05) is 78.4 Å². The number of benzene rings is 3. The Kier molecular flexibility index (Phi) is 6.22. The minimum absolute atomic E-state index is 0.00118. The number of aryl methyl sites for hydroxylation is 2. The fraction of sp³-hybridized carbons (Fsp3) is 0.250. The lowest BCUT2D eigenvalue weighted by Crippen LogP contribution is -2.28. The van der Waals surface area contributed by atoms with Gasteiger partial charge in [-0.05, 0) is 43.5 Å². The standard InChI is InChI=1S/C28H30N2O/c1-4-30-19-26(24-12-8-9-13-27(24)30)25(23-16-14-20(2)15-17-23)18-28(31)29-21(3)22-10-6-5-7-11-22/h5-17,19,21,25H,4,18H2,1-3H3,(H,29,31)/t21-,25+/m0/s1. The smallest absolute Gasteiger partial charge is 0.221 e. The van der Waals surface area contributed by atoms with Crippen LogP contribution in [0.15, 0.2) is 85.1 Å². The van der Waals surface area contributed by atoms with Crippen molar-refractivity contribution in [2.45, 2.75) is 45.7 Å². The molecule has 31 heavy (non-hydrogen) atoms. The largest absolute Gasteiger partial charge is 0.350 e. The Bertz CT molecular complexity index is 1160. The molecule has 3 aromatic carbocycles. The Morgan fingerprint density at radius 3 is 2.29 bits per heavy atom. The van der Waals surface area contributed by atoms with Crippen LogP contribution in [0, 0.1) is 6.92 Å². The van der Waals surface area contributed by atoms with E-state index in [1.165, 1.54) is 27.6 Å². The van der Waals surface area contributed by atoms with Crippen LogP contribution < -0.4 is 5.32 Å². The molecule has 0 aliphatic heterocycles. The molecular formula is C28H30N2O. The summed E-state index contributed by atoms with van der Waals surface area (Å²) in [4.78, 5) is 13.1. The summed E-state index contributed by atoms with van der Waals surface area (Å²) in [6.07, 6.45) is 2.64. The van der Waals surface area contributed by atoms with Crippen molar-refractivity contribution < 1.29 is 4.79 Å². The van der Waals surface area contributed by atoms with E-state index in [0.29, 0.717) is 6.42 Å². The summed E-state index contributed by atoms with van der Waals surface area (Å²) in [6.45, 7) is 7.19. The lowest BCUT2D eigenvalue weighted by Gasteiger charge is -2.20.